The Labute approximate surface area is 130 Å². The molecule has 0 saturated carbocycles. The van der Waals surface area contributed by atoms with Gasteiger partial charge in [0.1, 0.15) is 0 Å². The van der Waals surface area contributed by atoms with Crippen LogP contribution in [0.25, 0.3) is 5.69 Å². The van der Waals surface area contributed by atoms with Gasteiger partial charge in [-0.2, -0.15) is 9.40 Å². The maximum atomic E-state index is 13.0. The second kappa shape index (κ2) is 5.83. The summed E-state index contributed by atoms with van der Waals surface area (Å²) in [6, 6.07) is 7.17. The van der Waals surface area contributed by atoms with Crippen LogP contribution < -0.4 is 5.32 Å². The standard InChI is InChI=1S/C15H20N4O2S/c1-12-4-5-14(18-8-3-6-17-18)10-15(12)22(20,21)19-9-7-16-11-13(19)2/h3-6,8,10,13,16H,7,9,11H2,1-2H3/t13-/m0/s1. The highest BCUT2D eigenvalue weighted by Crippen LogP contribution is 2.24. The number of hydrogen-bond donors (Lipinski definition) is 1. The number of sulfonamides is 1. The first-order valence-corrected chi connectivity index (χ1v) is 8.77. The summed E-state index contributed by atoms with van der Waals surface area (Å²) in [5.41, 5.74) is 1.50. The molecule has 22 heavy (non-hydrogen) atoms. The Morgan fingerprint density at radius 1 is 1.36 bits per heavy atom. The van der Waals surface area contributed by atoms with Crippen molar-refractivity contribution in [2.75, 3.05) is 19.6 Å². The Bertz CT molecular complexity index is 756. The van der Waals surface area contributed by atoms with Crippen LogP contribution >= 0.6 is 0 Å². The lowest BCUT2D eigenvalue weighted by Crippen LogP contribution is -2.52. The van der Waals surface area contributed by atoms with Gasteiger partial charge in [0.25, 0.3) is 0 Å². The predicted octanol–water partition coefficient (Wildman–Crippen LogP) is 1.16. The van der Waals surface area contributed by atoms with Gasteiger partial charge in [-0.05, 0) is 37.6 Å². The summed E-state index contributed by atoms with van der Waals surface area (Å²) in [7, 11) is -3.50. The van der Waals surface area contributed by atoms with Gasteiger partial charge >= 0.3 is 0 Å². The number of piperazine rings is 1. The van der Waals surface area contributed by atoms with Gasteiger partial charge in [0, 0.05) is 38.1 Å². The maximum Gasteiger partial charge on any atom is 0.243 e. The summed E-state index contributed by atoms with van der Waals surface area (Å²) in [6.07, 6.45) is 3.47. The van der Waals surface area contributed by atoms with E-state index in [0.29, 0.717) is 24.5 Å². The SMILES string of the molecule is Cc1ccc(-n2cccn2)cc1S(=O)(=O)N1CCNC[C@@H]1C. The van der Waals surface area contributed by atoms with E-state index in [1.54, 1.807) is 27.4 Å². The highest BCUT2D eigenvalue weighted by molar-refractivity contribution is 7.89. The Kier molecular flexibility index (Phi) is 4.03. The third-order valence-electron chi connectivity index (χ3n) is 3.97. The fourth-order valence-electron chi connectivity index (χ4n) is 2.74. The molecule has 2 heterocycles. The van der Waals surface area contributed by atoms with Crippen molar-refractivity contribution in [1.82, 2.24) is 19.4 Å². The zero-order valence-corrected chi connectivity index (χ0v) is 13.5. The smallest absolute Gasteiger partial charge is 0.243 e. The molecule has 118 valence electrons. The van der Waals surface area contributed by atoms with Crippen LogP contribution in [0.15, 0.2) is 41.6 Å². The molecule has 0 amide bonds. The summed E-state index contributed by atoms with van der Waals surface area (Å²) < 4.78 is 29.3. The Hall–Kier alpha value is -1.70. The number of aromatic nitrogens is 2. The van der Waals surface area contributed by atoms with Gasteiger partial charge < -0.3 is 5.32 Å². The first kappa shape index (κ1) is 15.2. The topological polar surface area (TPSA) is 67.2 Å². The van der Waals surface area contributed by atoms with Crippen molar-refractivity contribution in [2.45, 2.75) is 24.8 Å². The first-order valence-electron chi connectivity index (χ1n) is 7.33. The molecular weight excluding hydrogens is 300 g/mol. The van der Waals surface area contributed by atoms with E-state index >= 15 is 0 Å². The normalized spacial score (nSPS) is 20.2. The van der Waals surface area contributed by atoms with Gasteiger partial charge in [-0.1, -0.05) is 6.07 Å². The number of hydrogen-bond acceptors (Lipinski definition) is 4. The number of rotatable bonds is 3. The minimum absolute atomic E-state index is 0.0495. The van der Waals surface area contributed by atoms with E-state index in [1.165, 1.54) is 0 Å². The molecule has 0 radical (unpaired) electrons. The molecule has 1 aromatic heterocycles. The summed E-state index contributed by atoms with van der Waals surface area (Å²) in [5, 5.41) is 7.38. The molecular formula is C15H20N4O2S. The van der Waals surface area contributed by atoms with Crippen LogP contribution in [0.3, 0.4) is 0 Å². The van der Waals surface area contributed by atoms with Crippen LogP contribution in [0.1, 0.15) is 12.5 Å². The van der Waals surface area contributed by atoms with E-state index < -0.39 is 10.0 Å². The minimum Gasteiger partial charge on any atom is -0.314 e. The third-order valence-corrected chi connectivity index (χ3v) is 6.12. The second-order valence-corrected chi connectivity index (χ2v) is 7.43. The lowest BCUT2D eigenvalue weighted by Gasteiger charge is -2.33. The summed E-state index contributed by atoms with van der Waals surface area (Å²) in [4.78, 5) is 0.356. The quantitative estimate of drug-likeness (QED) is 0.922. The molecule has 2 aromatic rings. The first-order chi connectivity index (χ1) is 10.5. The lowest BCUT2D eigenvalue weighted by atomic mass is 10.2. The van der Waals surface area contributed by atoms with Gasteiger partial charge in [0.2, 0.25) is 10.0 Å². The summed E-state index contributed by atoms with van der Waals surface area (Å²) in [5.74, 6) is 0. The van der Waals surface area contributed by atoms with E-state index in [4.69, 9.17) is 0 Å². The van der Waals surface area contributed by atoms with Crippen LogP contribution in [0, 0.1) is 6.92 Å². The Morgan fingerprint density at radius 3 is 2.86 bits per heavy atom. The molecule has 1 saturated heterocycles. The molecule has 7 heteroatoms. The van der Waals surface area contributed by atoms with E-state index in [2.05, 4.69) is 10.4 Å². The van der Waals surface area contributed by atoms with Crippen LogP contribution in [0.2, 0.25) is 0 Å². The highest BCUT2D eigenvalue weighted by Gasteiger charge is 2.32. The van der Waals surface area contributed by atoms with Gasteiger partial charge in [0.15, 0.2) is 0 Å². The molecule has 0 spiro atoms. The van der Waals surface area contributed by atoms with E-state index in [0.717, 1.165) is 11.3 Å². The van der Waals surface area contributed by atoms with Crippen molar-refractivity contribution < 1.29 is 8.42 Å². The number of aryl methyl sites for hydroxylation is 1. The molecule has 6 nitrogen and oxygen atoms in total. The Balaban J connectivity index is 2.04. The monoisotopic (exact) mass is 320 g/mol. The molecule has 1 atom stereocenters. The fourth-order valence-corrected chi connectivity index (χ4v) is 4.61. The molecule has 1 aliphatic heterocycles. The molecule has 0 unspecified atom stereocenters. The molecule has 3 rings (SSSR count). The largest absolute Gasteiger partial charge is 0.314 e. The van der Waals surface area contributed by atoms with Crippen LogP contribution in [-0.2, 0) is 10.0 Å². The van der Waals surface area contributed by atoms with E-state index in [1.807, 2.05) is 32.0 Å². The molecule has 0 aliphatic carbocycles. The molecule has 0 bridgehead atoms. The zero-order chi connectivity index (χ0) is 15.7. The van der Waals surface area contributed by atoms with Crippen molar-refractivity contribution in [3.05, 3.63) is 42.2 Å². The average molecular weight is 320 g/mol. The summed E-state index contributed by atoms with van der Waals surface area (Å²) >= 11 is 0. The third kappa shape index (κ3) is 2.67. The van der Waals surface area contributed by atoms with Crippen LogP contribution in [-0.4, -0.2) is 48.2 Å². The Morgan fingerprint density at radius 2 is 2.18 bits per heavy atom. The van der Waals surface area contributed by atoms with Gasteiger partial charge in [-0.15, -0.1) is 0 Å². The lowest BCUT2D eigenvalue weighted by molar-refractivity contribution is 0.283. The molecule has 1 fully saturated rings. The van der Waals surface area contributed by atoms with Gasteiger partial charge in [-0.3, -0.25) is 0 Å². The molecule has 1 N–H and O–H groups in total. The predicted molar refractivity (Wildman–Crippen MR) is 84.5 cm³/mol. The second-order valence-electron chi connectivity index (χ2n) is 5.57. The average Bonchev–Trinajstić information content (AvgIpc) is 3.02. The van der Waals surface area contributed by atoms with Gasteiger partial charge in [-0.25, -0.2) is 13.1 Å². The van der Waals surface area contributed by atoms with Crippen molar-refractivity contribution in [3.63, 3.8) is 0 Å². The van der Waals surface area contributed by atoms with Crippen molar-refractivity contribution in [3.8, 4) is 5.69 Å². The van der Waals surface area contributed by atoms with Crippen molar-refractivity contribution in [2.24, 2.45) is 0 Å². The zero-order valence-electron chi connectivity index (χ0n) is 12.7. The summed E-state index contributed by atoms with van der Waals surface area (Å²) in [6.45, 7) is 5.61. The van der Waals surface area contributed by atoms with Crippen LogP contribution in [0.4, 0.5) is 0 Å². The van der Waals surface area contributed by atoms with Crippen molar-refractivity contribution in [1.29, 1.82) is 0 Å². The van der Waals surface area contributed by atoms with E-state index in [-0.39, 0.29) is 6.04 Å². The number of nitrogens with one attached hydrogen (secondary N) is 1. The fraction of sp³-hybridized carbons (Fsp3) is 0.400. The molecule has 1 aromatic carbocycles. The highest BCUT2D eigenvalue weighted by atomic mass is 32.2. The van der Waals surface area contributed by atoms with Crippen molar-refractivity contribution >= 4 is 10.0 Å². The number of benzene rings is 1. The van der Waals surface area contributed by atoms with Crippen LogP contribution in [0.5, 0.6) is 0 Å². The minimum atomic E-state index is -3.50. The number of nitrogens with zero attached hydrogens (tertiary/aromatic N) is 3. The maximum absolute atomic E-state index is 13.0. The van der Waals surface area contributed by atoms with Gasteiger partial charge in [0.05, 0.1) is 10.6 Å². The molecule has 1 aliphatic rings. The van der Waals surface area contributed by atoms with E-state index in [9.17, 15) is 8.42 Å².